The summed E-state index contributed by atoms with van der Waals surface area (Å²) in [5.74, 6) is -1.69. The van der Waals surface area contributed by atoms with Gasteiger partial charge in [-0.2, -0.15) is 13.2 Å². The van der Waals surface area contributed by atoms with Crippen molar-refractivity contribution in [3.8, 4) is 11.6 Å². The molecule has 1 aromatic heterocycles. The molecule has 2 aromatic carbocycles. The molecule has 4 rings (SSSR count). The van der Waals surface area contributed by atoms with Gasteiger partial charge >= 0.3 is 6.18 Å². The van der Waals surface area contributed by atoms with Crippen LogP contribution in [0.3, 0.4) is 0 Å². The summed E-state index contributed by atoms with van der Waals surface area (Å²) in [6, 6.07) is 8.74. The number of halogens is 3. The third-order valence-electron chi connectivity index (χ3n) is 6.24. The SMILES string of the molecule is CC(=NCC(=O)C1CCCNC1=O)c1c(O)n(-c2cc(C)cc(C)c2)c2cc(C(F)(F)F)ccc12. The molecule has 1 fully saturated rings. The Hall–Kier alpha value is -3.62. The Labute approximate surface area is 200 Å². The molecule has 0 bridgehead atoms. The van der Waals surface area contributed by atoms with Gasteiger partial charge in [0.25, 0.3) is 0 Å². The minimum Gasteiger partial charge on any atom is -0.494 e. The van der Waals surface area contributed by atoms with E-state index in [0.29, 0.717) is 36.2 Å². The number of carbonyl (C=O) groups excluding carboxylic acids is 2. The fourth-order valence-electron chi connectivity index (χ4n) is 4.61. The summed E-state index contributed by atoms with van der Waals surface area (Å²) >= 11 is 0. The Balaban J connectivity index is 1.83. The van der Waals surface area contributed by atoms with E-state index < -0.39 is 17.7 Å². The molecule has 1 aliphatic rings. The summed E-state index contributed by atoms with van der Waals surface area (Å²) in [6.45, 7) is 5.59. The molecule has 3 aromatic rings. The van der Waals surface area contributed by atoms with Crippen LogP contribution >= 0.6 is 0 Å². The number of hydrogen-bond acceptors (Lipinski definition) is 4. The van der Waals surface area contributed by atoms with E-state index in [4.69, 9.17) is 0 Å². The first-order valence-electron chi connectivity index (χ1n) is 11.3. The number of aliphatic imine (C=N–C) groups is 1. The van der Waals surface area contributed by atoms with Crippen molar-refractivity contribution in [2.45, 2.75) is 39.8 Å². The first-order chi connectivity index (χ1) is 16.5. The third kappa shape index (κ3) is 4.80. The molecule has 0 saturated carbocycles. The summed E-state index contributed by atoms with van der Waals surface area (Å²) in [5, 5.41) is 14.3. The number of hydrogen-bond donors (Lipinski definition) is 2. The molecule has 0 aliphatic carbocycles. The number of aryl methyl sites for hydroxylation is 2. The number of aromatic nitrogens is 1. The van der Waals surface area contributed by atoms with E-state index >= 15 is 0 Å². The number of aromatic hydroxyl groups is 1. The second-order valence-corrected chi connectivity index (χ2v) is 8.96. The van der Waals surface area contributed by atoms with E-state index in [0.717, 1.165) is 23.3 Å². The molecular formula is C26H26F3N3O3. The lowest BCUT2D eigenvalue weighted by molar-refractivity contribution is -0.137. The van der Waals surface area contributed by atoms with Gasteiger partial charge in [0, 0.05) is 23.3 Å². The summed E-state index contributed by atoms with van der Waals surface area (Å²) in [6.07, 6.45) is -3.40. The van der Waals surface area contributed by atoms with Crippen molar-refractivity contribution >= 4 is 28.3 Å². The van der Waals surface area contributed by atoms with Crippen LogP contribution in [0, 0.1) is 19.8 Å². The molecule has 9 heteroatoms. The molecule has 35 heavy (non-hydrogen) atoms. The number of Topliss-reactive ketones (excluding diaryl/α,β-unsaturated/α-hetero) is 1. The fourth-order valence-corrected chi connectivity index (χ4v) is 4.61. The highest BCUT2D eigenvalue weighted by Crippen LogP contribution is 2.39. The number of benzene rings is 2. The van der Waals surface area contributed by atoms with E-state index in [9.17, 15) is 27.9 Å². The molecule has 6 nitrogen and oxygen atoms in total. The lowest BCUT2D eigenvalue weighted by Gasteiger charge is -2.19. The van der Waals surface area contributed by atoms with E-state index in [-0.39, 0.29) is 35.2 Å². The zero-order valence-electron chi connectivity index (χ0n) is 19.7. The second kappa shape index (κ2) is 9.20. The number of carbonyl (C=O) groups is 2. The summed E-state index contributed by atoms with van der Waals surface area (Å²) in [7, 11) is 0. The number of piperidine rings is 1. The lowest BCUT2D eigenvalue weighted by atomic mass is 9.94. The third-order valence-corrected chi connectivity index (χ3v) is 6.24. The molecular weight excluding hydrogens is 459 g/mol. The number of rotatable bonds is 5. The van der Waals surface area contributed by atoms with Gasteiger partial charge in [-0.05, 0) is 69.0 Å². The largest absolute Gasteiger partial charge is 0.494 e. The number of ketones is 1. The van der Waals surface area contributed by atoms with E-state index in [2.05, 4.69) is 10.3 Å². The van der Waals surface area contributed by atoms with Crippen molar-refractivity contribution in [3.63, 3.8) is 0 Å². The lowest BCUT2D eigenvalue weighted by Crippen LogP contribution is -2.41. The van der Waals surface area contributed by atoms with E-state index in [1.807, 2.05) is 19.9 Å². The Morgan fingerprint density at radius 1 is 1.17 bits per heavy atom. The predicted octanol–water partition coefficient (Wildman–Crippen LogP) is 4.88. The van der Waals surface area contributed by atoms with Crippen LogP contribution < -0.4 is 5.32 Å². The molecule has 1 unspecified atom stereocenters. The van der Waals surface area contributed by atoms with Gasteiger partial charge in [-0.15, -0.1) is 0 Å². The zero-order valence-corrected chi connectivity index (χ0v) is 19.7. The van der Waals surface area contributed by atoms with Crippen LogP contribution in [-0.4, -0.2) is 40.2 Å². The number of nitrogens with one attached hydrogen (secondary N) is 1. The van der Waals surface area contributed by atoms with Crippen LogP contribution in [0.5, 0.6) is 5.88 Å². The van der Waals surface area contributed by atoms with Crippen LogP contribution in [-0.2, 0) is 15.8 Å². The van der Waals surface area contributed by atoms with Crippen LogP contribution in [0.25, 0.3) is 16.6 Å². The average Bonchev–Trinajstić information content (AvgIpc) is 3.07. The molecule has 1 atom stereocenters. The van der Waals surface area contributed by atoms with E-state index in [1.165, 1.54) is 10.6 Å². The number of nitrogens with zero attached hydrogens (tertiary/aromatic N) is 2. The topological polar surface area (TPSA) is 83.7 Å². The fraction of sp³-hybridized carbons (Fsp3) is 0.346. The normalized spacial score (nSPS) is 17.0. The Morgan fingerprint density at radius 2 is 1.86 bits per heavy atom. The number of alkyl halides is 3. The quantitative estimate of drug-likeness (QED) is 0.399. The first-order valence-corrected chi connectivity index (χ1v) is 11.3. The van der Waals surface area contributed by atoms with Gasteiger partial charge in [-0.25, -0.2) is 0 Å². The highest BCUT2D eigenvalue weighted by atomic mass is 19.4. The molecule has 1 amide bonds. The molecule has 1 saturated heterocycles. The monoisotopic (exact) mass is 485 g/mol. The maximum atomic E-state index is 13.5. The van der Waals surface area contributed by atoms with Gasteiger partial charge in [0.1, 0.15) is 0 Å². The number of fused-ring (bicyclic) bond motifs is 1. The van der Waals surface area contributed by atoms with Crippen molar-refractivity contribution in [2.75, 3.05) is 13.1 Å². The maximum absolute atomic E-state index is 13.5. The predicted molar refractivity (Wildman–Crippen MR) is 127 cm³/mol. The smallest absolute Gasteiger partial charge is 0.416 e. The zero-order chi connectivity index (χ0) is 25.5. The van der Waals surface area contributed by atoms with Crippen LogP contribution in [0.15, 0.2) is 41.4 Å². The minimum absolute atomic E-state index is 0.171. The van der Waals surface area contributed by atoms with Crippen molar-refractivity contribution in [1.29, 1.82) is 0 Å². The highest BCUT2D eigenvalue weighted by molar-refractivity contribution is 6.13. The van der Waals surface area contributed by atoms with Gasteiger partial charge in [0.05, 0.1) is 29.1 Å². The van der Waals surface area contributed by atoms with Crippen molar-refractivity contribution < 1.29 is 27.9 Å². The molecule has 184 valence electrons. The molecule has 2 N–H and O–H groups in total. The Kier molecular flexibility index (Phi) is 6.44. The molecule has 2 heterocycles. The highest BCUT2D eigenvalue weighted by Gasteiger charge is 2.32. The van der Waals surface area contributed by atoms with Gasteiger partial charge < -0.3 is 10.4 Å². The minimum atomic E-state index is -4.56. The standard InChI is InChI=1S/C26H26F3N3O3/c1-14-9-15(2)11-18(10-14)32-21-12-17(26(27,28)29)6-7-19(21)23(25(32)35)16(3)31-13-22(33)20-5-4-8-30-24(20)34/h6-7,9-12,20,35H,4-5,8,13H2,1-3H3,(H,30,34). The summed E-state index contributed by atoms with van der Waals surface area (Å²) in [4.78, 5) is 28.9. The second-order valence-electron chi connectivity index (χ2n) is 8.96. The van der Waals surface area contributed by atoms with Crippen molar-refractivity contribution in [3.05, 3.63) is 58.7 Å². The maximum Gasteiger partial charge on any atom is 0.416 e. The average molecular weight is 486 g/mol. The molecule has 0 spiro atoms. The van der Waals surface area contributed by atoms with Gasteiger partial charge in [-0.3, -0.25) is 19.1 Å². The number of amides is 1. The Morgan fingerprint density at radius 3 is 2.49 bits per heavy atom. The molecule has 1 aliphatic heterocycles. The van der Waals surface area contributed by atoms with Crippen LogP contribution in [0.2, 0.25) is 0 Å². The first kappa shape index (κ1) is 24.5. The Bertz CT molecular complexity index is 1340. The summed E-state index contributed by atoms with van der Waals surface area (Å²) in [5.41, 5.74) is 2.15. The summed E-state index contributed by atoms with van der Waals surface area (Å²) < 4.78 is 41.9. The van der Waals surface area contributed by atoms with Crippen molar-refractivity contribution in [2.24, 2.45) is 10.9 Å². The van der Waals surface area contributed by atoms with Gasteiger partial charge in [-0.1, -0.05) is 12.1 Å². The van der Waals surface area contributed by atoms with E-state index in [1.54, 1.807) is 19.1 Å². The van der Waals surface area contributed by atoms with Gasteiger partial charge in [0.2, 0.25) is 11.8 Å². The van der Waals surface area contributed by atoms with Gasteiger partial charge in [0.15, 0.2) is 5.78 Å². The van der Waals surface area contributed by atoms with Crippen molar-refractivity contribution in [1.82, 2.24) is 9.88 Å². The molecule has 0 radical (unpaired) electrons. The van der Waals surface area contributed by atoms with Crippen LogP contribution in [0.1, 0.15) is 42.0 Å². The van der Waals surface area contributed by atoms with Crippen LogP contribution in [0.4, 0.5) is 13.2 Å².